The number of hydrogen-bond acceptors (Lipinski definition) is 2. The largest absolute Gasteiger partial charge is 0.508 e. The molecule has 2 aromatic rings. The predicted octanol–water partition coefficient (Wildman–Crippen LogP) is 3.12. The van der Waals surface area contributed by atoms with Crippen LogP contribution in [0.1, 0.15) is 0 Å². The molecule has 0 aliphatic carbocycles. The first-order chi connectivity index (χ1) is 6.77. The predicted molar refractivity (Wildman–Crippen MR) is 58.7 cm³/mol. The molecular weight excluding hydrogens is 194 g/mol. The van der Waals surface area contributed by atoms with E-state index in [-0.39, 0.29) is 5.75 Å². The van der Waals surface area contributed by atoms with Gasteiger partial charge in [-0.15, -0.1) is 0 Å². The van der Waals surface area contributed by atoms with Crippen LogP contribution in [0.5, 0.6) is 5.75 Å². The van der Waals surface area contributed by atoms with Gasteiger partial charge < -0.3 is 10.1 Å². The lowest BCUT2D eigenvalue weighted by Gasteiger charge is -2.01. The molecule has 70 valence electrons. The van der Waals surface area contributed by atoms with Crippen LogP contribution in [0, 0.1) is 4.51 Å². The smallest absolute Gasteiger partial charge is 0.115 e. The zero-order valence-electron chi connectivity index (χ0n) is 7.40. The monoisotopic (exact) mass is 203 g/mol. The number of H-pyrrole nitrogens is 1. The molecule has 2 N–H and O–H groups in total. The van der Waals surface area contributed by atoms with Crippen LogP contribution in [0.4, 0.5) is 0 Å². The Balaban J connectivity index is 2.56. The first-order valence-corrected chi connectivity index (χ1v) is 4.65. The molecule has 2 rings (SSSR count). The first-order valence-electron chi connectivity index (χ1n) is 4.24. The highest BCUT2D eigenvalue weighted by Crippen LogP contribution is 2.21. The van der Waals surface area contributed by atoms with Gasteiger partial charge in [0.1, 0.15) is 5.75 Å². The topological polar surface area (TPSA) is 36.0 Å². The zero-order valence-corrected chi connectivity index (χ0v) is 8.21. The third-order valence-corrected chi connectivity index (χ3v) is 2.36. The fraction of sp³-hybridized carbons (Fsp3) is 0. The van der Waals surface area contributed by atoms with Gasteiger partial charge in [0, 0.05) is 22.5 Å². The average molecular weight is 203 g/mol. The van der Waals surface area contributed by atoms with Gasteiger partial charge in [-0.2, -0.15) is 0 Å². The Bertz CT molecular complexity index is 487. The summed E-state index contributed by atoms with van der Waals surface area (Å²) in [5.74, 6) is 0.263. The molecule has 0 atom stereocenters. The Morgan fingerprint density at radius 2 is 1.79 bits per heavy atom. The summed E-state index contributed by atoms with van der Waals surface area (Å²) < 4.78 is 0.800. The van der Waals surface area contributed by atoms with Crippen molar-refractivity contribution >= 4 is 12.2 Å². The average Bonchev–Trinajstić information content (AvgIpc) is 2.20. The molecule has 3 heteroatoms. The van der Waals surface area contributed by atoms with Gasteiger partial charge >= 0.3 is 0 Å². The quantitative estimate of drug-likeness (QED) is 0.698. The number of pyridine rings is 1. The maximum atomic E-state index is 9.14. The number of rotatable bonds is 1. The molecule has 0 saturated carbocycles. The lowest BCUT2D eigenvalue weighted by Crippen LogP contribution is -1.80. The molecule has 0 aliphatic heterocycles. The molecular formula is C11H9NOS. The fourth-order valence-corrected chi connectivity index (χ4v) is 1.53. The Kier molecular flexibility index (Phi) is 2.33. The Hall–Kier alpha value is -1.61. The molecule has 14 heavy (non-hydrogen) atoms. The minimum absolute atomic E-state index is 0.263. The molecule has 1 heterocycles. The molecule has 0 fully saturated rings. The van der Waals surface area contributed by atoms with E-state index in [0.29, 0.717) is 0 Å². The Labute approximate surface area is 86.9 Å². The van der Waals surface area contributed by atoms with Gasteiger partial charge in [-0.1, -0.05) is 24.4 Å². The van der Waals surface area contributed by atoms with Crippen molar-refractivity contribution in [3.8, 4) is 16.9 Å². The second kappa shape index (κ2) is 3.64. The van der Waals surface area contributed by atoms with E-state index in [0.717, 1.165) is 15.6 Å². The molecule has 0 saturated heterocycles. The summed E-state index contributed by atoms with van der Waals surface area (Å²) >= 11 is 5.18. The van der Waals surface area contributed by atoms with Crippen LogP contribution >= 0.6 is 12.2 Å². The number of hydrogen-bond donors (Lipinski definition) is 2. The highest BCUT2D eigenvalue weighted by atomic mass is 32.1. The van der Waals surface area contributed by atoms with E-state index < -0.39 is 0 Å². The molecule has 1 aromatic carbocycles. The second-order valence-electron chi connectivity index (χ2n) is 2.97. The van der Waals surface area contributed by atoms with E-state index in [1.54, 1.807) is 18.3 Å². The van der Waals surface area contributed by atoms with Crippen LogP contribution in [0.3, 0.4) is 0 Å². The maximum Gasteiger partial charge on any atom is 0.115 e. The molecule has 0 bridgehead atoms. The molecule has 0 spiro atoms. The van der Waals surface area contributed by atoms with Gasteiger partial charge in [-0.3, -0.25) is 0 Å². The molecule has 0 amide bonds. The molecule has 2 nitrogen and oxygen atoms in total. The van der Waals surface area contributed by atoms with E-state index in [2.05, 4.69) is 4.98 Å². The number of aromatic nitrogens is 1. The highest BCUT2D eigenvalue weighted by Gasteiger charge is 1.98. The molecule has 1 aromatic heterocycles. The fourth-order valence-electron chi connectivity index (χ4n) is 1.28. The molecule has 0 unspecified atom stereocenters. The normalized spacial score (nSPS) is 10.0. The summed E-state index contributed by atoms with van der Waals surface area (Å²) in [4.78, 5) is 2.99. The van der Waals surface area contributed by atoms with Crippen LogP contribution < -0.4 is 0 Å². The number of aromatic hydroxyl groups is 1. The zero-order chi connectivity index (χ0) is 9.97. The minimum Gasteiger partial charge on any atom is -0.508 e. The van der Waals surface area contributed by atoms with Crippen LogP contribution in [-0.4, -0.2) is 10.1 Å². The van der Waals surface area contributed by atoms with Crippen molar-refractivity contribution in [2.75, 3.05) is 0 Å². The minimum atomic E-state index is 0.263. The van der Waals surface area contributed by atoms with Gasteiger partial charge in [-0.25, -0.2) is 0 Å². The molecule has 0 radical (unpaired) electrons. The summed E-state index contributed by atoms with van der Waals surface area (Å²) in [5.41, 5.74) is 1.98. The van der Waals surface area contributed by atoms with Gasteiger partial charge in [0.2, 0.25) is 0 Å². The third kappa shape index (κ3) is 1.67. The lowest BCUT2D eigenvalue weighted by atomic mass is 10.1. The number of nitrogens with one attached hydrogen (secondary N) is 1. The summed E-state index contributed by atoms with van der Waals surface area (Å²) in [6.45, 7) is 0. The van der Waals surface area contributed by atoms with Gasteiger partial charge in [0.25, 0.3) is 0 Å². The van der Waals surface area contributed by atoms with E-state index >= 15 is 0 Å². The summed E-state index contributed by atoms with van der Waals surface area (Å²) in [5, 5.41) is 9.14. The van der Waals surface area contributed by atoms with E-state index in [1.165, 1.54) is 0 Å². The van der Waals surface area contributed by atoms with Crippen molar-refractivity contribution in [3.05, 3.63) is 47.2 Å². The van der Waals surface area contributed by atoms with Crippen molar-refractivity contribution in [2.45, 2.75) is 0 Å². The lowest BCUT2D eigenvalue weighted by molar-refractivity contribution is 0.475. The van der Waals surface area contributed by atoms with Crippen LogP contribution in [-0.2, 0) is 0 Å². The van der Waals surface area contributed by atoms with Crippen LogP contribution in [0.25, 0.3) is 11.1 Å². The summed E-state index contributed by atoms with van der Waals surface area (Å²) in [6.07, 6.45) is 3.65. The van der Waals surface area contributed by atoms with Crippen molar-refractivity contribution in [1.82, 2.24) is 4.98 Å². The number of benzene rings is 1. The highest BCUT2D eigenvalue weighted by molar-refractivity contribution is 7.71. The first kappa shape index (κ1) is 8.97. The number of phenols is 1. The number of aromatic amines is 1. The molecule has 0 aliphatic rings. The SMILES string of the molecule is Oc1ccc(-c2c[nH]ccc2=S)cc1. The van der Waals surface area contributed by atoms with Crippen molar-refractivity contribution < 1.29 is 5.11 Å². The van der Waals surface area contributed by atoms with Gasteiger partial charge in [0.15, 0.2) is 0 Å². The van der Waals surface area contributed by atoms with E-state index in [4.69, 9.17) is 17.3 Å². The standard InChI is InChI=1S/C11H9NOS/c13-9-3-1-8(2-4-9)10-7-12-6-5-11(10)14/h1-7,13H,(H,12,14). The van der Waals surface area contributed by atoms with Crippen molar-refractivity contribution in [1.29, 1.82) is 0 Å². The Morgan fingerprint density at radius 3 is 2.43 bits per heavy atom. The van der Waals surface area contributed by atoms with E-state index in [1.807, 2.05) is 24.4 Å². The summed E-state index contributed by atoms with van der Waals surface area (Å²) in [6, 6.07) is 8.83. The Morgan fingerprint density at radius 1 is 1.07 bits per heavy atom. The van der Waals surface area contributed by atoms with Crippen LogP contribution in [0.2, 0.25) is 0 Å². The number of phenolic OH excluding ortho intramolecular Hbond substituents is 1. The maximum absolute atomic E-state index is 9.14. The van der Waals surface area contributed by atoms with Crippen LogP contribution in [0.15, 0.2) is 42.7 Å². The van der Waals surface area contributed by atoms with E-state index in [9.17, 15) is 0 Å². The van der Waals surface area contributed by atoms with Gasteiger partial charge in [0.05, 0.1) is 0 Å². The van der Waals surface area contributed by atoms with Crippen molar-refractivity contribution in [2.24, 2.45) is 0 Å². The third-order valence-electron chi connectivity index (χ3n) is 2.00. The van der Waals surface area contributed by atoms with Crippen molar-refractivity contribution in [3.63, 3.8) is 0 Å². The summed E-state index contributed by atoms with van der Waals surface area (Å²) in [7, 11) is 0. The van der Waals surface area contributed by atoms with Gasteiger partial charge in [-0.05, 0) is 23.8 Å². The second-order valence-corrected chi connectivity index (χ2v) is 3.41.